The molecule has 0 saturated heterocycles. The summed E-state index contributed by atoms with van der Waals surface area (Å²) in [5.74, 6) is 0.368. The third-order valence-electron chi connectivity index (χ3n) is 1.79. The average Bonchev–Trinajstić information content (AvgIpc) is 2.47. The largest absolute Gasteiger partial charge is 0.389 e. The third kappa shape index (κ3) is 4.73. The normalized spacial score (nSPS) is 14.2. The number of rotatable bonds is 4. The lowest BCUT2D eigenvalue weighted by molar-refractivity contribution is -0.136. The average molecular weight is 223 g/mol. The van der Waals surface area contributed by atoms with Crippen LogP contribution in [0, 0.1) is 0 Å². The van der Waals surface area contributed by atoms with E-state index in [-0.39, 0.29) is 12.8 Å². The molecule has 0 saturated carbocycles. The van der Waals surface area contributed by atoms with Crippen molar-refractivity contribution in [2.24, 2.45) is 12.8 Å². The van der Waals surface area contributed by atoms with Gasteiger partial charge in [-0.3, -0.25) is 0 Å². The van der Waals surface area contributed by atoms with Gasteiger partial charge in [0.25, 0.3) is 0 Å². The maximum Gasteiger partial charge on any atom is 0.389 e. The van der Waals surface area contributed by atoms with E-state index in [1.807, 2.05) is 0 Å². The van der Waals surface area contributed by atoms with Crippen molar-refractivity contribution in [3.8, 4) is 0 Å². The third-order valence-corrected chi connectivity index (χ3v) is 1.79. The zero-order valence-electron chi connectivity index (χ0n) is 8.20. The van der Waals surface area contributed by atoms with E-state index >= 15 is 0 Å². The number of nitrogens with two attached hydrogens (primary N) is 1. The highest BCUT2D eigenvalue weighted by Crippen LogP contribution is 2.22. The molecule has 0 radical (unpaired) electrons. The number of aryl methyl sites for hydroxylation is 1. The Labute approximate surface area is 84.4 Å². The lowest BCUT2D eigenvalue weighted by atomic mass is 10.1. The Balaban J connectivity index is 2.33. The molecule has 1 unspecified atom stereocenters. The van der Waals surface area contributed by atoms with Crippen LogP contribution in [0.3, 0.4) is 0 Å². The Bertz CT molecular complexity index is 308. The summed E-state index contributed by atoms with van der Waals surface area (Å²) in [7, 11) is 1.58. The van der Waals surface area contributed by atoms with E-state index in [1.165, 1.54) is 4.80 Å². The van der Waals surface area contributed by atoms with Gasteiger partial charge in [-0.1, -0.05) is 0 Å². The highest BCUT2D eigenvalue weighted by atomic mass is 19.4. The second-order valence-corrected chi connectivity index (χ2v) is 3.31. The van der Waals surface area contributed by atoms with E-state index in [0.29, 0.717) is 5.82 Å². The summed E-state index contributed by atoms with van der Waals surface area (Å²) < 4.78 is 35.6. The predicted molar refractivity (Wildman–Crippen MR) is 45.8 cm³/mol. The van der Waals surface area contributed by atoms with Crippen molar-refractivity contribution in [2.45, 2.75) is 31.5 Å². The second kappa shape index (κ2) is 4.56. The molecule has 0 aliphatic rings. The Morgan fingerprint density at radius 2 is 2.13 bits per heavy atom. The molecule has 1 heterocycles. The molecule has 0 aliphatic carbocycles. The molecule has 1 aromatic heterocycles. The first kappa shape index (κ1) is 11.9. The van der Waals surface area contributed by atoms with Crippen LogP contribution in [-0.4, -0.2) is 32.4 Å². The van der Waals surface area contributed by atoms with E-state index in [0.717, 1.165) is 0 Å². The van der Waals surface area contributed by atoms with Gasteiger partial charge in [-0.05, 0) is 11.6 Å². The van der Waals surface area contributed by atoms with E-state index in [1.54, 1.807) is 7.05 Å². The molecule has 8 heteroatoms. The molecule has 0 spiro atoms. The van der Waals surface area contributed by atoms with Gasteiger partial charge in [-0.2, -0.15) is 18.0 Å². The van der Waals surface area contributed by atoms with Gasteiger partial charge in [0.1, 0.15) is 0 Å². The molecule has 86 valence electrons. The Morgan fingerprint density at radius 1 is 1.47 bits per heavy atom. The zero-order valence-corrected chi connectivity index (χ0v) is 8.20. The second-order valence-electron chi connectivity index (χ2n) is 3.31. The number of tetrazole rings is 1. The van der Waals surface area contributed by atoms with Crippen LogP contribution in [0.4, 0.5) is 13.2 Å². The summed E-state index contributed by atoms with van der Waals surface area (Å²) in [5.41, 5.74) is 5.51. The number of halogens is 3. The van der Waals surface area contributed by atoms with Crippen molar-refractivity contribution >= 4 is 0 Å². The molecule has 0 aliphatic heterocycles. The van der Waals surface area contributed by atoms with E-state index in [9.17, 15) is 13.2 Å². The minimum atomic E-state index is -4.16. The van der Waals surface area contributed by atoms with Crippen molar-refractivity contribution in [3.05, 3.63) is 5.82 Å². The number of hydrogen-bond acceptors (Lipinski definition) is 4. The number of alkyl halides is 3. The van der Waals surface area contributed by atoms with Crippen LogP contribution >= 0.6 is 0 Å². The van der Waals surface area contributed by atoms with E-state index in [2.05, 4.69) is 15.4 Å². The van der Waals surface area contributed by atoms with Crippen LogP contribution in [-0.2, 0) is 13.5 Å². The van der Waals surface area contributed by atoms with Gasteiger partial charge >= 0.3 is 6.18 Å². The van der Waals surface area contributed by atoms with Crippen LogP contribution < -0.4 is 5.73 Å². The predicted octanol–water partition coefficient (Wildman–Crippen LogP) is 0.422. The molecule has 1 rings (SSSR count). The van der Waals surface area contributed by atoms with E-state index in [4.69, 9.17) is 5.73 Å². The van der Waals surface area contributed by atoms with Crippen LogP contribution in [0.25, 0.3) is 0 Å². The van der Waals surface area contributed by atoms with Crippen LogP contribution in [0.2, 0.25) is 0 Å². The van der Waals surface area contributed by atoms with Crippen molar-refractivity contribution < 1.29 is 13.2 Å². The standard InChI is InChI=1S/C7H12F3N5/c1-15-13-6(12-14-15)4-5(11)2-3-7(8,9)10/h5H,2-4,11H2,1H3. The highest BCUT2D eigenvalue weighted by Gasteiger charge is 2.27. The molecule has 0 fully saturated rings. The first-order valence-corrected chi connectivity index (χ1v) is 4.42. The number of nitrogens with zero attached hydrogens (tertiary/aromatic N) is 4. The number of hydrogen-bond donors (Lipinski definition) is 1. The van der Waals surface area contributed by atoms with Crippen molar-refractivity contribution in [1.82, 2.24) is 20.2 Å². The van der Waals surface area contributed by atoms with Gasteiger partial charge < -0.3 is 5.73 Å². The Kier molecular flexibility index (Phi) is 3.61. The lowest BCUT2D eigenvalue weighted by Crippen LogP contribution is -2.26. The molecule has 15 heavy (non-hydrogen) atoms. The van der Waals surface area contributed by atoms with Crippen molar-refractivity contribution in [2.75, 3.05) is 0 Å². The molecular formula is C7H12F3N5. The maximum atomic E-state index is 11.9. The van der Waals surface area contributed by atoms with Crippen LogP contribution in [0.5, 0.6) is 0 Å². The SMILES string of the molecule is Cn1nnc(CC(N)CCC(F)(F)F)n1. The Morgan fingerprint density at radius 3 is 2.60 bits per heavy atom. The Hall–Kier alpha value is -1.18. The maximum absolute atomic E-state index is 11.9. The van der Waals surface area contributed by atoms with Crippen LogP contribution in [0.1, 0.15) is 18.7 Å². The topological polar surface area (TPSA) is 69.6 Å². The summed E-state index contributed by atoms with van der Waals surface area (Å²) >= 11 is 0. The highest BCUT2D eigenvalue weighted by molar-refractivity contribution is 4.83. The molecule has 0 aromatic carbocycles. The summed E-state index contributed by atoms with van der Waals surface area (Å²) in [4.78, 5) is 1.24. The summed E-state index contributed by atoms with van der Waals surface area (Å²) in [6, 6.07) is -0.587. The minimum absolute atomic E-state index is 0.123. The minimum Gasteiger partial charge on any atom is -0.327 e. The van der Waals surface area contributed by atoms with Gasteiger partial charge in [-0.25, -0.2) is 0 Å². The summed E-state index contributed by atoms with van der Waals surface area (Å²) in [6.07, 6.45) is -4.95. The zero-order chi connectivity index (χ0) is 11.5. The first-order chi connectivity index (χ1) is 6.87. The van der Waals surface area contributed by atoms with Gasteiger partial charge in [0.2, 0.25) is 0 Å². The summed E-state index contributed by atoms with van der Waals surface area (Å²) in [6.45, 7) is 0. The smallest absolute Gasteiger partial charge is 0.327 e. The van der Waals surface area contributed by atoms with Crippen molar-refractivity contribution in [3.63, 3.8) is 0 Å². The van der Waals surface area contributed by atoms with Gasteiger partial charge in [-0.15, -0.1) is 10.2 Å². The molecule has 1 atom stereocenters. The van der Waals surface area contributed by atoms with Crippen LogP contribution in [0.15, 0.2) is 0 Å². The van der Waals surface area contributed by atoms with E-state index < -0.39 is 18.6 Å². The van der Waals surface area contributed by atoms with Crippen molar-refractivity contribution in [1.29, 1.82) is 0 Å². The molecule has 1 aromatic rings. The monoisotopic (exact) mass is 223 g/mol. The molecular weight excluding hydrogens is 211 g/mol. The fraction of sp³-hybridized carbons (Fsp3) is 0.857. The molecule has 5 nitrogen and oxygen atoms in total. The van der Waals surface area contributed by atoms with Gasteiger partial charge in [0.15, 0.2) is 5.82 Å². The molecule has 0 amide bonds. The fourth-order valence-corrected chi connectivity index (χ4v) is 1.09. The quantitative estimate of drug-likeness (QED) is 0.803. The molecule has 2 N–H and O–H groups in total. The lowest BCUT2D eigenvalue weighted by Gasteiger charge is -2.10. The van der Waals surface area contributed by atoms with Gasteiger partial charge in [0, 0.05) is 18.9 Å². The number of aromatic nitrogens is 4. The first-order valence-electron chi connectivity index (χ1n) is 4.42. The fourth-order valence-electron chi connectivity index (χ4n) is 1.09. The van der Waals surface area contributed by atoms with Gasteiger partial charge in [0.05, 0.1) is 7.05 Å². The summed E-state index contributed by atoms with van der Waals surface area (Å²) in [5, 5.41) is 11.0. The molecule has 0 bridgehead atoms.